The van der Waals surface area contributed by atoms with Crippen LogP contribution in [0.2, 0.25) is 0 Å². The molecule has 0 spiro atoms. The lowest BCUT2D eigenvalue weighted by Crippen LogP contribution is -1.99. The number of hydrogen-bond acceptors (Lipinski definition) is 4. The van der Waals surface area contributed by atoms with Gasteiger partial charge in [0, 0.05) is 0 Å². The number of hydrogen-bond donors (Lipinski definition) is 0. The molecular formula is C9H7N5. The second kappa shape index (κ2) is 3.26. The Balaban J connectivity index is 2.45. The van der Waals surface area contributed by atoms with Crippen LogP contribution < -0.4 is 0 Å². The van der Waals surface area contributed by atoms with Crippen LogP contribution in [0.5, 0.6) is 0 Å². The van der Waals surface area contributed by atoms with Crippen molar-refractivity contribution in [1.82, 2.24) is 20.2 Å². The van der Waals surface area contributed by atoms with Crippen LogP contribution in [0.3, 0.4) is 0 Å². The van der Waals surface area contributed by atoms with Crippen molar-refractivity contribution in [2.24, 2.45) is 0 Å². The van der Waals surface area contributed by atoms with E-state index in [-0.39, 0.29) is 5.82 Å². The largest absolute Gasteiger partial charge is 0.274 e. The van der Waals surface area contributed by atoms with Gasteiger partial charge in [0.2, 0.25) is 0 Å². The van der Waals surface area contributed by atoms with E-state index in [2.05, 4.69) is 15.4 Å². The standard InChI is InChI=1S/C9H7N5/c1-7-3-2-4-8(5-7)14-12-9(6-10)11-13-14/h2-5H,1H3. The highest BCUT2D eigenvalue weighted by Gasteiger charge is 2.02. The molecule has 1 heterocycles. The molecule has 0 amide bonds. The van der Waals surface area contributed by atoms with Gasteiger partial charge in [-0.15, -0.1) is 9.90 Å². The fraction of sp³-hybridized carbons (Fsp3) is 0.111. The van der Waals surface area contributed by atoms with Crippen molar-refractivity contribution in [1.29, 1.82) is 5.26 Å². The van der Waals surface area contributed by atoms with E-state index in [0.717, 1.165) is 11.3 Å². The van der Waals surface area contributed by atoms with E-state index < -0.39 is 0 Å². The van der Waals surface area contributed by atoms with E-state index in [1.807, 2.05) is 37.3 Å². The minimum atomic E-state index is 0.0755. The van der Waals surface area contributed by atoms with Crippen LogP contribution in [0.25, 0.3) is 5.69 Å². The van der Waals surface area contributed by atoms with E-state index >= 15 is 0 Å². The van der Waals surface area contributed by atoms with Crippen molar-refractivity contribution in [2.45, 2.75) is 6.92 Å². The van der Waals surface area contributed by atoms with Crippen LogP contribution in [-0.2, 0) is 0 Å². The van der Waals surface area contributed by atoms with E-state index in [0.29, 0.717) is 0 Å². The van der Waals surface area contributed by atoms with Crippen molar-refractivity contribution in [2.75, 3.05) is 0 Å². The monoisotopic (exact) mass is 185 g/mol. The second-order valence-electron chi connectivity index (χ2n) is 2.85. The molecule has 0 aliphatic rings. The summed E-state index contributed by atoms with van der Waals surface area (Å²) >= 11 is 0. The molecule has 0 unspecified atom stereocenters. The zero-order valence-corrected chi connectivity index (χ0v) is 7.55. The zero-order chi connectivity index (χ0) is 9.97. The molecular weight excluding hydrogens is 178 g/mol. The van der Waals surface area contributed by atoms with Gasteiger partial charge < -0.3 is 0 Å². The van der Waals surface area contributed by atoms with Crippen molar-refractivity contribution >= 4 is 0 Å². The maximum absolute atomic E-state index is 8.52. The van der Waals surface area contributed by atoms with Gasteiger partial charge in [-0.2, -0.15) is 5.26 Å². The van der Waals surface area contributed by atoms with E-state index in [4.69, 9.17) is 5.26 Å². The van der Waals surface area contributed by atoms with Crippen molar-refractivity contribution in [3.63, 3.8) is 0 Å². The molecule has 0 saturated heterocycles. The first kappa shape index (κ1) is 8.38. The first-order valence-electron chi connectivity index (χ1n) is 4.07. The summed E-state index contributed by atoms with van der Waals surface area (Å²) in [6.45, 7) is 1.98. The van der Waals surface area contributed by atoms with Gasteiger partial charge in [-0.3, -0.25) is 0 Å². The summed E-state index contributed by atoms with van der Waals surface area (Å²) in [5.41, 5.74) is 1.91. The number of tetrazole rings is 1. The molecule has 0 aliphatic heterocycles. The Labute approximate surface area is 80.6 Å². The molecule has 5 heteroatoms. The third-order valence-electron chi connectivity index (χ3n) is 1.75. The Morgan fingerprint density at radius 3 is 2.93 bits per heavy atom. The van der Waals surface area contributed by atoms with Gasteiger partial charge in [0.05, 0.1) is 5.69 Å². The predicted octanol–water partition coefficient (Wildman–Crippen LogP) is 0.842. The molecule has 68 valence electrons. The quantitative estimate of drug-likeness (QED) is 0.660. The Morgan fingerprint density at radius 1 is 1.43 bits per heavy atom. The maximum Gasteiger partial charge on any atom is 0.274 e. The van der Waals surface area contributed by atoms with Crippen molar-refractivity contribution in [3.05, 3.63) is 35.7 Å². The van der Waals surface area contributed by atoms with Crippen molar-refractivity contribution in [3.8, 4) is 11.8 Å². The van der Waals surface area contributed by atoms with Crippen LogP contribution >= 0.6 is 0 Å². The molecule has 0 saturated carbocycles. The summed E-state index contributed by atoms with van der Waals surface area (Å²) in [5, 5.41) is 19.7. The first-order chi connectivity index (χ1) is 6.79. The summed E-state index contributed by atoms with van der Waals surface area (Å²) in [6, 6.07) is 9.48. The van der Waals surface area contributed by atoms with E-state index in [1.54, 1.807) is 0 Å². The topological polar surface area (TPSA) is 67.4 Å². The lowest BCUT2D eigenvalue weighted by atomic mass is 10.2. The smallest absolute Gasteiger partial charge is 0.189 e. The average Bonchev–Trinajstić information content (AvgIpc) is 2.66. The highest BCUT2D eigenvalue weighted by atomic mass is 15.6. The number of nitrogens with zero attached hydrogens (tertiary/aromatic N) is 5. The Bertz CT molecular complexity index is 494. The SMILES string of the molecule is Cc1cccc(-n2nnc(C#N)n2)c1. The Kier molecular flexibility index (Phi) is 1.95. The average molecular weight is 185 g/mol. The normalized spacial score (nSPS) is 9.71. The van der Waals surface area contributed by atoms with Gasteiger partial charge in [-0.1, -0.05) is 17.2 Å². The molecule has 1 aromatic heterocycles. The Hall–Kier alpha value is -2.22. The molecule has 0 aliphatic carbocycles. The second-order valence-corrected chi connectivity index (χ2v) is 2.85. The summed E-state index contributed by atoms with van der Waals surface area (Å²) in [6.07, 6.45) is 0. The van der Waals surface area contributed by atoms with Crippen LogP contribution in [0, 0.1) is 18.3 Å². The van der Waals surface area contributed by atoms with Gasteiger partial charge in [0.1, 0.15) is 6.07 Å². The van der Waals surface area contributed by atoms with Crippen LogP contribution in [0.1, 0.15) is 11.4 Å². The van der Waals surface area contributed by atoms with E-state index in [9.17, 15) is 0 Å². The number of rotatable bonds is 1. The molecule has 0 bridgehead atoms. The molecule has 2 aromatic rings. The number of nitriles is 1. The van der Waals surface area contributed by atoms with Gasteiger partial charge in [-0.25, -0.2) is 0 Å². The molecule has 0 radical (unpaired) electrons. The number of aryl methyl sites for hydroxylation is 1. The van der Waals surface area contributed by atoms with Crippen LogP contribution in [0.15, 0.2) is 24.3 Å². The van der Waals surface area contributed by atoms with Crippen LogP contribution in [-0.4, -0.2) is 20.2 Å². The summed E-state index contributed by atoms with van der Waals surface area (Å²) in [5.74, 6) is 0.0755. The molecule has 2 rings (SSSR count). The number of benzene rings is 1. The highest BCUT2D eigenvalue weighted by Crippen LogP contribution is 2.06. The zero-order valence-electron chi connectivity index (χ0n) is 7.55. The Morgan fingerprint density at radius 2 is 2.29 bits per heavy atom. The first-order valence-corrected chi connectivity index (χ1v) is 4.07. The minimum Gasteiger partial charge on any atom is -0.189 e. The fourth-order valence-corrected chi connectivity index (χ4v) is 1.12. The molecule has 0 atom stereocenters. The molecule has 0 fully saturated rings. The lowest BCUT2D eigenvalue weighted by molar-refractivity contribution is 0.719. The third-order valence-corrected chi connectivity index (χ3v) is 1.75. The van der Waals surface area contributed by atoms with Gasteiger partial charge >= 0.3 is 0 Å². The van der Waals surface area contributed by atoms with Crippen LogP contribution in [0.4, 0.5) is 0 Å². The molecule has 5 nitrogen and oxygen atoms in total. The molecule has 1 aromatic carbocycles. The van der Waals surface area contributed by atoms with E-state index in [1.165, 1.54) is 4.80 Å². The minimum absolute atomic E-state index is 0.0755. The van der Waals surface area contributed by atoms with Gasteiger partial charge in [0.25, 0.3) is 5.82 Å². The molecule has 14 heavy (non-hydrogen) atoms. The lowest BCUT2D eigenvalue weighted by Gasteiger charge is -1.97. The van der Waals surface area contributed by atoms with Crippen molar-refractivity contribution < 1.29 is 0 Å². The van der Waals surface area contributed by atoms with Gasteiger partial charge in [-0.05, 0) is 29.8 Å². The number of aromatic nitrogens is 4. The predicted molar refractivity (Wildman–Crippen MR) is 48.6 cm³/mol. The fourth-order valence-electron chi connectivity index (χ4n) is 1.12. The third kappa shape index (κ3) is 1.45. The maximum atomic E-state index is 8.52. The highest BCUT2D eigenvalue weighted by molar-refractivity contribution is 5.33. The summed E-state index contributed by atoms with van der Waals surface area (Å²) < 4.78 is 0. The summed E-state index contributed by atoms with van der Waals surface area (Å²) in [4.78, 5) is 1.34. The molecule has 0 N–H and O–H groups in total. The summed E-state index contributed by atoms with van der Waals surface area (Å²) in [7, 11) is 0. The van der Waals surface area contributed by atoms with Gasteiger partial charge in [0.15, 0.2) is 0 Å².